The van der Waals surface area contributed by atoms with Gasteiger partial charge in [0.05, 0.1) is 6.61 Å². The molecule has 2 nitrogen and oxygen atoms in total. The minimum Gasteiger partial charge on any atom is -0.494 e. The summed E-state index contributed by atoms with van der Waals surface area (Å²) in [6, 6.07) is 25.1. The summed E-state index contributed by atoms with van der Waals surface area (Å²) in [5, 5.41) is 0. The van der Waals surface area contributed by atoms with Gasteiger partial charge in [0.25, 0.3) is 0 Å². The molecule has 0 aliphatic rings. The van der Waals surface area contributed by atoms with Crippen molar-refractivity contribution in [2.24, 2.45) is 5.92 Å². The van der Waals surface area contributed by atoms with Crippen molar-refractivity contribution in [3.8, 4) is 17.2 Å². The van der Waals surface area contributed by atoms with E-state index in [2.05, 4.69) is 13.8 Å². The van der Waals surface area contributed by atoms with Crippen molar-refractivity contribution in [3.05, 3.63) is 102 Å². The average molecular weight is 405 g/mol. The van der Waals surface area contributed by atoms with Gasteiger partial charge in [-0.3, -0.25) is 0 Å². The highest BCUT2D eigenvalue weighted by Crippen LogP contribution is 2.30. The third kappa shape index (κ3) is 6.21. The highest BCUT2D eigenvalue weighted by molar-refractivity contribution is 5.36. The highest BCUT2D eigenvalue weighted by atomic mass is 19.1. The van der Waals surface area contributed by atoms with Crippen molar-refractivity contribution in [1.82, 2.24) is 0 Å². The molecule has 0 saturated heterocycles. The van der Waals surface area contributed by atoms with Crippen LogP contribution in [0.25, 0.3) is 0 Å². The van der Waals surface area contributed by atoms with Crippen molar-refractivity contribution in [3.63, 3.8) is 0 Å². The lowest BCUT2D eigenvalue weighted by Crippen LogP contribution is -2.05. The Morgan fingerprint density at radius 2 is 1.57 bits per heavy atom. The number of benzene rings is 3. The second kappa shape index (κ2) is 10.6. The molecular weight excluding hydrogens is 375 g/mol. The Kier molecular flexibility index (Phi) is 7.67. The van der Waals surface area contributed by atoms with E-state index in [1.54, 1.807) is 6.08 Å². The van der Waals surface area contributed by atoms with Crippen LogP contribution in [0.5, 0.6) is 17.2 Å². The molecule has 0 radical (unpaired) electrons. The van der Waals surface area contributed by atoms with Crippen molar-refractivity contribution in [2.45, 2.75) is 33.1 Å². The summed E-state index contributed by atoms with van der Waals surface area (Å²) in [5.41, 5.74) is 1.97. The molecular formula is C27H29FO2. The third-order valence-corrected chi connectivity index (χ3v) is 4.90. The van der Waals surface area contributed by atoms with Gasteiger partial charge < -0.3 is 9.47 Å². The summed E-state index contributed by atoms with van der Waals surface area (Å²) in [6.07, 6.45) is 1.98. The molecule has 3 aromatic rings. The van der Waals surface area contributed by atoms with E-state index in [0.29, 0.717) is 12.4 Å². The van der Waals surface area contributed by atoms with E-state index in [1.807, 2.05) is 85.8 Å². The minimum atomic E-state index is -0.139. The van der Waals surface area contributed by atoms with Gasteiger partial charge in [-0.25, -0.2) is 4.39 Å². The summed E-state index contributed by atoms with van der Waals surface area (Å²) in [4.78, 5) is 0. The summed E-state index contributed by atoms with van der Waals surface area (Å²) in [6.45, 7) is 6.82. The van der Waals surface area contributed by atoms with Crippen LogP contribution in [-0.2, 0) is 6.42 Å². The summed E-state index contributed by atoms with van der Waals surface area (Å²) >= 11 is 0. The maximum absolute atomic E-state index is 14.9. The average Bonchev–Trinajstić information content (AvgIpc) is 2.74. The molecule has 0 spiro atoms. The van der Waals surface area contributed by atoms with Crippen LogP contribution < -0.4 is 9.47 Å². The topological polar surface area (TPSA) is 18.5 Å². The molecule has 0 N–H and O–H groups in total. The van der Waals surface area contributed by atoms with Crippen LogP contribution in [-0.4, -0.2) is 6.61 Å². The van der Waals surface area contributed by atoms with Crippen molar-refractivity contribution >= 4 is 0 Å². The summed E-state index contributed by atoms with van der Waals surface area (Å²) in [7, 11) is 0. The van der Waals surface area contributed by atoms with E-state index in [-0.39, 0.29) is 24.1 Å². The fraction of sp³-hybridized carbons (Fsp3) is 0.259. The molecule has 156 valence electrons. The molecule has 0 heterocycles. The van der Waals surface area contributed by atoms with Gasteiger partial charge in [-0.2, -0.15) is 0 Å². The molecule has 3 aromatic carbocycles. The Labute approximate surface area is 179 Å². The summed E-state index contributed by atoms with van der Waals surface area (Å²) in [5.74, 6) is 2.45. The van der Waals surface area contributed by atoms with E-state index in [0.717, 1.165) is 22.6 Å². The number of hydrogen-bond donors (Lipinski definition) is 0. The van der Waals surface area contributed by atoms with E-state index >= 15 is 0 Å². The number of hydrogen-bond acceptors (Lipinski definition) is 2. The van der Waals surface area contributed by atoms with Gasteiger partial charge in [0.1, 0.15) is 23.1 Å². The Hall–Kier alpha value is -3.07. The molecule has 0 aliphatic heterocycles. The maximum Gasteiger partial charge on any atom is 0.127 e. The van der Waals surface area contributed by atoms with Crippen molar-refractivity contribution in [1.29, 1.82) is 0 Å². The van der Waals surface area contributed by atoms with E-state index < -0.39 is 0 Å². The van der Waals surface area contributed by atoms with Gasteiger partial charge in [-0.15, -0.1) is 0 Å². The molecule has 0 saturated carbocycles. The Bertz CT molecular complexity index is 946. The molecule has 0 aliphatic carbocycles. The van der Waals surface area contributed by atoms with Crippen molar-refractivity contribution < 1.29 is 13.9 Å². The smallest absolute Gasteiger partial charge is 0.127 e. The van der Waals surface area contributed by atoms with Crippen LogP contribution in [0.3, 0.4) is 0 Å². The van der Waals surface area contributed by atoms with Gasteiger partial charge in [0.2, 0.25) is 0 Å². The van der Waals surface area contributed by atoms with Gasteiger partial charge in [-0.05, 0) is 66.4 Å². The van der Waals surface area contributed by atoms with Gasteiger partial charge in [0.15, 0.2) is 0 Å². The predicted octanol–water partition coefficient (Wildman–Crippen LogP) is 7.71. The second-order valence-corrected chi connectivity index (χ2v) is 7.62. The molecule has 30 heavy (non-hydrogen) atoms. The van der Waals surface area contributed by atoms with Crippen LogP contribution in [0.2, 0.25) is 0 Å². The molecule has 1 atom stereocenters. The predicted molar refractivity (Wildman–Crippen MR) is 121 cm³/mol. The van der Waals surface area contributed by atoms with Crippen LogP contribution in [0.4, 0.5) is 4.39 Å². The lowest BCUT2D eigenvalue weighted by atomic mass is 9.87. The SMILES string of the molecule is CCOc1ccc(C(/C=C(\F)Cc2cccc(Oc3ccccc3)c2)C(C)C)cc1. The van der Waals surface area contributed by atoms with E-state index in [1.165, 1.54) is 0 Å². The monoisotopic (exact) mass is 404 g/mol. The number of ether oxygens (including phenoxy) is 2. The Morgan fingerprint density at radius 1 is 0.867 bits per heavy atom. The molecule has 0 fully saturated rings. The first-order chi connectivity index (χ1) is 14.5. The van der Waals surface area contributed by atoms with Gasteiger partial charge in [0, 0.05) is 12.3 Å². The van der Waals surface area contributed by atoms with Gasteiger partial charge in [-0.1, -0.05) is 56.3 Å². The Balaban J connectivity index is 1.72. The molecule has 0 aromatic heterocycles. The zero-order valence-corrected chi connectivity index (χ0v) is 17.8. The standard InChI is InChI=1S/C27H29FO2/c1-4-29-24-15-13-22(14-16-24)27(20(2)3)19-23(28)17-21-9-8-12-26(18-21)30-25-10-6-5-7-11-25/h5-16,18-20,27H,4,17H2,1-3H3/b23-19-. The third-order valence-electron chi connectivity index (χ3n) is 4.90. The first-order valence-electron chi connectivity index (χ1n) is 10.5. The lowest BCUT2D eigenvalue weighted by Gasteiger charge is -2.18. The zero-order chi connectivity index (χ0) is 21.3. The number of allylic oxidation sites excluding steroid dienone is 2. The largest absolute Gasteiger partial charge is 0.494 e. The van der Waals surface area contributed by atoms with Gasteiger partial charge >= 0.3 is 0 Å². The highest BCUT2D eigenvalue weighted by Gasteiger charge is 2.15. The molecule has 0 amide bonds. The molecule has 3 rings (SSSR count). The second-order valence-electron chi connectivity index (χ2n) is 7.62. The van der Waals surface area contributed by atoms with Crippen LogP contribution in [0, 0.1) is 5.92 Å². The quantitative estimate of drug-likeness (QED) is 0.363. The van der Waals surface area contributed by atoms with E-state index in [9.17, 15) is 4.39 Å². The number of para-hydroxylation sites is 1. The van der Waals surface area contributed by atoms with Crippen LogP contribution in [0.15, 0.2) is 90.8 Å². The first-order valence-corrected chi connectivity index (χ1v) is 10.5. The first kappa shape index (κ1) is 21.6. The molecule has 1 unspecified atom stereocenters. The molecule has 0 bridgehead atoms. The zero-order valence-electron chi connectivity index (χ0n) is 17.8. The number of rotatable bonds is 9. The fourth-order valence-electron chi connectivity index (χ4n) is 3.42. The molecule has 3 heteroatoms. The van der Waals surface area contributed by atoms with E-state index in [4.69, 9.17) is 9.47 Å². The minimum absolute atomic E-state index is 0.00410. The normalized spacial score (nSPS) is 12.6. The van der Waals surface area contributed by atoms with Crippen LogP contribution in [0.1, 0.15) is 37.8 Å². The lowest BCUT2D eigenvalue weighted by molar-refractivity contribution is 0.340. The maximum atomic E-state index is 14.9. The number of halogens is 1. The van der Waals surface area contributed by atoms with Crippen molar-refractivity contribution in [2.75, 3.05) is 6.61 Å². The van der Waals surface area contributed by atoms with Crippen LogP contribution >= 0.6 is 0 Å². The fourth-order valence-corrected chi connectivity index (χ4v) is 3.42. The summed E-state index contributed by atoms with van der Waals surface area (Å²) < 4.78 is 26.3. The Morgan fingerprint density at radius 3 is 2.23 bits per heavy atom.